The Morgan fingerprint density at radius 1 is 1.27 bits per heavy atom. The Bertz CT molecular complexity index is 143. The van der Waals surface area contributed by atoms with Crippen molar-refractivity contribution < 1.29 is 0 Å². The van der Waals surface area contributed by atoms with Crippen LogP contribution in [0.1, 0.15) is 58.3 Å². The summed E-state index contributed by atoms with van der Waals surface area (Å²) in [4.78, 5) is 0. The van der Waals surface area contributed by atoms with Gasteiger partial charge in [-0.15, -0.1) is 0 Å². The minimum Gasteiger partial charge on any atom is -0.316 e. The van der Waals surface area contributed by atoms with Gasteiger partial charge in [-0.3, -0.25) is 0 Å². The minimum absolute atomic E-state index is 0.752. The second-order valence-corrected chi connectivity index (χ2v) is 6.05. The predicted octanol–water partition coefficient (Wildman–Crippen LogP) is 3.83. The molecule has 90 valence electrons. The lowest BCUT2D eigenvalue weighted by molar-refractivity contribution is 0.531. The number of thioether (sulfide) groups is 1. The van der Waals surface area contributed by atoms with E-state index in [-0.39, 0.29) is 0 Å². The van der Waals surface area contributed by atoms with Crippen LogP contribution in [0.25, 0.3) is 0 Å². The molecule has 15 heavy (non-hydrogen) atoms. The third-order valence-corrected chi connectivity index (χ3v) is 4.94. The zero-order chi connectivity index (χ0) is 10.9. The van der Waals surface area contributed by atoms with Crippen molar-refractivity contribution in [1.82, 2.24) is 5.32 Å². The van der Waals surface area contributed by atoms with Crippen LogP contribution < -0.4 is 5.32 Å². The van der Waals surface area contributed by atoms with Gasteiger partial charge in [0, 0.05) is 17.0 Å². The Morgan fingerprint density at radius 2 is 2.00 bits per heavy atom. The lowest BCUT2D eigenvalue weighted by Gasteiger charge is -2.17. The highest BCUT2D eigenvalue weighted by Gasteiger charge is 2.16. The second-order valence-electron chi connectivity index (χ2n) is 4.72. The molecule has 1 atom stereocenters. The van der Waals surface area contributed by atoms with E-state index < -0.39 is 0 Å². The number of hydrogen-bond donors (Lipinski definition) is 1. The molecule has 0 aromatic carbocycles. The molecule has 0 aliphatic heterocycles. The molecule has 1 rings (SSSR count). The molecular formula is C13H27NS. The van der Waals surface area contributed by atoms with Crippen LogP contribution in [0.2, 0.25) is 0 Å². The summed E-state index contributed by atoms with van der Waals surface area (Å²) in [6.07, 6.45) is 11.4. The van der Waals surface area contributed by atoms with Crippen LogP contribution in [0, 0.1) is 0 Å². The van der Waals surface area contributed by atoms with Crippen LogP contribution in [0.4, 0.5) is 0 Å². The van der Waals surface area contributed by atoms with Crippen molar-refractivity contribution in [1.29, 1.82) is 0 Å². The monoisotopic (exact) mass is 229 g/mol. The quantitative estimate of drug-likeness (QED) is 0.635. The van der Waals surface area contributed by atoms with E-state index in [9.17, 15) is 0 Å². The van der Waals surface area contributed by atoms with Crippen molar-refractivity contribution in [3.63, 3.8) is 0 Å². The van der Waals surface area contributed by atoms with E-state index in [4.69, 9.17) is 0 Å². The van der Waals surface area contributed by atoms with E-state index in [1.165, 1.54) is 57.1 Å². The molecule has 1 saturated carbocycles. The number of hydrogen-bond acceptors (Lipinski definition) is 2. The molecule has 1 aliphatic carbocycles. The summed E-state index contributed by atoms with van der Waals surface area (Å²) in [5, 5.41) is 4.44. The van der Waals surface area contributed by atoms with E-state index in [0.29, 0.717) is 0 Å². The van der Waals surface area contributed by atoms with Crippen molar-refractivity contribution in [2.75, 3.05) is 12.8 Å². The first-order valence-corrected chi connectivity index (χ1v) is 7.70. The second kappa shape index (κ2) is 8.46. The molecule has 2 heteroatoms. The fraction of sp³-hybridized carbons (Fsp3) is 1.00. The number of rotatable bonds is 8. The Kier molecular flexibility index (Phi) is 7.54. The smallest absolute Gasteiger partial charge is 0.0155 e. The first-order chi connectivity index (χ1) is 7.36. The van der Waals surface area contributed by atoms with Gasteiger partial charge in [0.15, 0.2) is 0 Å². The molecule has 0 heterocycles. The summed E-state index contributed by atoms with van der Waals surface area (Å²) in [7, 11) is 2.12. The highest BCUT2D eigenvalue weighted by molar-refractivity contribution is 7.99. The molecule has 1 unspecified atom stereocenters. The van der Waals surface area contributed by atoms with Gasteiger partial charge in [-0.05, 0) is 26.3 Å². The van der Waals surface area contributed by atoms with Crippen molar-refractivity contribution >= 4 is 11.8 Å². The third kappa shape index (κ3) is 5.82. The third-order valence-electron chi connectivity index (χ3n) is 3.40. The van der Waals surface area contributed by atoms with Crippen molar-refractivity contribution in [3.8, 4) is 0 Å². The maximum absolute atomic E-state index is 3.46. The van der Waals surface area contributed by atoms with Crippen LogP contribution in [0.3, 0.4) is 0 Å². The number of unbranched alkanes of at least 4 members (excludes halogenated alkanes) is 2. The highest BCUT2D eigenvalue weighted by atomic mass is 32.2. The molecule has 0 amide bonds. The van der Waals surface area contributed by atoms with E-state index in [2.05, 4.69) is 31.1 Å². The maximum Gasteiger partial charge on any atom is 0.0155 e. The summed E-state index contributed by atoms with van der Waals surface area (Å²) in [6.45, 7) is 2.28. The summed E-state index contributed by atoms with van der Waals surface area (Å²) in [5.74, 6) is 1.32. The lowest BCUT2D eigenvalue weighted by atomic mass is 10.1. The molecule has 0 saturated heterocycles. The standard InChI is InChI=1S/C13H27NS/c1-3-4-5-8-12(14-2)11-15-13-9-6-7-10-13/h12-14H,3-11H2,1-2H3. The molecule has 1 aliphatic rings. The molecule has 0 aromatic rings. The molecule has 1 fully saturated rings. The largest absolute Gasteiger partial charge is 0.316 e. The molecule has 1 nitrogen and oxygen atoms in total. The summed E-state index contributed by atoms with van der Waals surface area (Å²) in [6, 6.07) is 0.752. The Morgan fingerprint density at radius 3 is 2.60 bits per heavy atom. The molecule has 0 bridgehead atoms. The average Bonchev–Trinajstić information content (AvgIpc) is 2.76. The summed E-state index contributed by atoms with van der Waals surface area (Å²) in [5.41, 5.74) is 0. The van der Waals surface area contributed by atoms with Crippen molar-refractivity contribution in [3.05, 3.63) is 0 Å². The average molecular weight is 229 g/mol. The van der Waals surface area contributed by atoms with E-state index in [0.717, 1.165) is 11.3 Å². The van der Waals surface area contributed by atoms with Crippen LogP contribution in [0.5, 0.6) is 0 Å². The number of nitrogens with one attached hydrogen (secondary N) is 1. The van der Waals surface area contributed by atoms with Crippen molar-refractivity contribution in [2.24, 2.45) is 0 Å². The van der Waals surface area contributed by atoms with E-state index in [1.807, 2.05) is 0 Å². The van der Waals surface area contributed by atoms with Gasteiger partial charge >= 0.3 is 0 Å². The zero-order valence-corrected chi connectivity index (χ0v) is 11.2. The van der Waals surface area contributed by atoms with Crippen LogP contribution in [0.15, 0.2) is 0 Å². The normalized spacial score (nSPS) is 19.6. The van der Waals surface area contributed by atoms with E-state index in [1.54, 1.807) is 0 Å². The van der Waals surface area contributed by atoms with Crippen molar-refractivity contribution in [2.45, 2.75) is 69.6 Å². The van der Waals surface area contributed by atoms with Gasteiger partial charge in [0.05, 0.1) is 0 Å². The predicted molar refractivity (Wildman–Crippen MR) is 71.7 cm³/mol. The lowest BCUT2D eigenvalue weighted by Crippen LogP contribution is -2.28. The van der Waals surface area contributed by atoms with E-state index >= 15 is 0 Å². The van der Waals surface area contributed by atoms with Gasteiger partial charge in [-0.25, -0.2) is 0 Å². The first kappa shape index (κ1) is 13.4. The van der Waals surface area contributed by atoms with Crippen LogP contribution in [-0.2, 0) is 0 Å². The van der Waals surface area contributed by atoms with Crippen LogP contribution in [-0.4, -0.2) is 24.1 Å². The molecule has 0 spiro atoms. The Balaban J connectivity index is 2.04. The molecular weight excluding hydrogens is 202 g/mol. The fourth-order valence-electron chi connectivity index (χ4n) is 2.26. The van der Waals surface area contributed by atoms with Gasteiger partial charge in [0.25, 0.3) is 0 Å². The SMILES string of the molecule is CCCCCC(CSC1CCCC1)NC. The topological polar surface area (TPSA) is 12.0 Å². The first-order valence-electron chi connectivity index (χ1n) is 6.65. The molecule has 1 N–H and O–H groups in total. The van der Waals surface area contributed by atoms with Gasteiger partial charge in [-0.1, -0.05) is 39.0 Å². The van der Waals surface area contributed by atoms with Crippen LogP contribution >= 0.6 is 11.8 Å². The maximum atomic E-state index is 3.46. The van der Waals surface area contributed by atoms with Gasteiger partial charge in [0.1, 0.15) is 0 Å². The summed E-state index contributed by atoms with van der Waals surface area (Å²) >= 11 is 2.21. The summed E-state index contributed by atoms with van der Waals surface area (Å²) < 4.78 is 0. The van der Waals surface area contributed by atoms with Gasteiger partial charge in [0.2, 0.25) is 0 Å². The molecule has 0 radical (unpaired) electrons. The highest BCUT2D eigenvalue weighted by Crippen LogP contribution is 2.30. The minimum atomic E-state index is 0.752. The van der Waals surface area contributed by atoms with Gasteiger partial charge < -0.3 is 5.32 Å². The Labute approximate surface area is 99.8 Å². The molecule has 0 aromatic heterocycles. The fourth-order valence-corrected chi connectivity index (χ4v) is 3.76. The van der Waals surface area contributed by atoms with Gasteiger partial charge in [-0.2, -0.15) is 11.8 Å². The Hall–Kier alpha value is 0.310. The zero-order valence-electron chi connectivity index (χ0n) is 10.4.